The minimum absolute atomic E-state index is 0. The molecular formula is C108H210Mg3O12. The summed E-state index contributed by atoms with van der Waals surface area (Å²) >= 11 is 0. The summed E-state index contributed by atoms with van der Waals surface area (Å²) in [4.78, 5) is 61.3. The predicted molar refractivity (Wildman–Crippen MR) is 525 cm³/mol. The number of carboxylic acids is 6. The molecule has 0 fully saturated rings. The maximum atomic E-state index is 10.2. The summed E-state index contributed by atoms with van der Waals surface area (Å²) in [5, 5.41) is 61.3. The van der Waals surface area contributed by atoms with E-state index in [-0.39, 0.29) is 108 Å². The summed E-state index contributed by atoms with van der Waals surface area (Å²) < 4.78 is 0. The van der Waals surface area contributed by atoms with E-state index in [9.17, 15) is 59.4 Å². The van der Waals surface area contributed by atoms with E-state index in [2.05, 4.69) is 41.5 Å². The SMILES string of the molecule is CCCCCCCCCCCCCCCCCC(=O)[O-].CCCCCCCCCCCCCCCCCC(=O)[O-].CCCCCCCCCCCCCCCCCC(=O)[O-].CCCCCCCCCCCCCCCCCC(=O)[O-].CCCCCCCCCCCCCCCCCC(=O)[O-].CCCCCCCCCCCCCCCCCC(=O)[O-].[Mg+2].[Mg+2].[Mg+2]. The predicted octanol–water partition coefficient (Wildman–Crippen LogP) is 28.8. The van der Waals surface area contributed by atoms with Crippen LogP contribution >= 0.6 is 0 Å². The van der Waals surface area contributed by atoms with Crippen molar-refractivity contribution in [3.05, 3.63) is 0 Å². The van der Waals surface area contributed by atoms with Gasteiger partial charge >= 0.3 is 69.2 Å². The van der Waals surface area contributed by atoms with E-state index in [4.69, 9.17) is 0 Å². The average Bonchev–Trinajstić information content (AvgIpc) is 1.20. The molecule has 0 unspecified atom stereocenters. The quantitative estimate of drug-likeness (QED) is 0.0408. The van der Waals surface area contributed by atoms with Crippen LogP contribution in [0.3, 0.4) is 0 Å². The van der Waals surface area contributed by atoms with Gasteiger partial charge in [-0.1, -0.05) is 581 Å². The Labute approximate surface area is 815 Å². The van der Waals surface area contributed by atoms with Crippen LogP contribution in [0, 0.1) is 0 Å². The van der Waals surface area contributed by atoms with Gasteiger partial charge in [0.05, 0.1) is 0 Å². The molecule has 12 nitrogen and oxygen atoms in total. The number of carbonyl (C=O) groups is 6. The topological polar surface area (TPSA) is 241 Å². The average molecular weight is 1770 g/mol. The van der Waals surface area contributed by atoms with Gasteiger partial charge in [0.1, 0.15) is 0 Å². The van der Waals surface area contributed by atoms with Crippen LogP contribution in [0.2, 0.25) is 0 Å². The van der Waals surface area contributed by atoms with Gasteiger partial charge in [-0.25, -0.2) is 0 Å². The third-order valence-electron chi connectivity index (χ3n) is 23.9. The van der Waals surface area contributed by atoms with Gasteiger partial charge in [0, 0.05) is 35.8 Å². The van der Waals surface area contributed by atoms with Crippen LogP contribution in [0.1, 0.15) is 658 Å². The van der Waals surface area contributed by atoms with Crippen molar-refractivity contribution >= 4 is 105 Å². The van der Waals surface area contributed by atoms with E-state index in [1.165, 1.54) is 501 Å². The molecule has 0 aliphatic heterocycles. The maximum absolute atomic E-state index is 10.2. The van der Waals surface area contributed by atoms with Crippen molar-refractivity contribution in [2.24, 2.45) is 0 Å². The standard InChI is InChI=1S/6C18H36O2.3Mg/c6*1-2-3-4-5-6-7-8-9-10-11-12-13-14-15-16-17-18(19)20;;;/h6*2-17H2,1H3,(H,19,20);;;/q;;;;;;3*+2/p-6. The molecule has 0 atom stereocenters. The van der Waals surface area contributed by atoms with Crippen molar-refractivity contribution in [3.63, 3.8) is 0 Å². The molecule has 0 N–H and O–H groups in total. The van der Waals surface area contributed by atoms with E-state index < -0.39 is 35.8 Å². The summed E-state index contributed by atoms with van der Waals surface area (Å²) in [7, 11) is 0. The normalized spacial score (nSPS) is 10.6. The Hall–Kier alpha value is -0.881. The molecule has 0 aromatic heterocycles. The zero-order chi connectivity index (χ0) is 89.3. The van der Waals surface area contributed by atoms with Crippen LogP contribution in [0.15, 0.2) is 0 Å². The van der Waals surface area contributed by atoms with Gasteiger partial charge in [0.15, 0.2) is 0 Å². The molecule has 123 heavy (non-hydrogen) atoms. The Balaban J connectivity index is -0.000000180. The molecule has 0 amide bonds. The number of carbonyl (C=O) groups excluding carboxylic acids is 6. The van der Waals surface area contributed by atoms with Crippen molar-refractivity contribution in [2.75, 3.05) is 0 Å². The Bertz CT molecular complexity index is 1570. The number of aliphatic carboxylic acids is 6. The second-order valence-electron chi connectivity index (χ2n) is 36.4. The number of unbranched alkanes of at least 4 members (excludes halogenated alkanes) is 84. The Kier molecular flexibility index (Phi) is 155. The third-order valence-corrected chi connectivity index (χ3v) is 23.9. The van der Waals surface area contributed by atoms with Gasteiger partial charge in [-0.05, 0) is 77.0 Å². The minimum atomic E-state index is -0.903. The third kappa shape index (κ3) is 168. The molecular weight excluding hydrogens is 1560 g/mol. The second kappa shape index (κ2) is 137. The zero-order valence-electron chi connectivity index (χ0n) is 83.9. The Morgan fingerprint density at radius 2 is 0.154 bits per heavy atom. The van der Waals surface area contributed by atoms with E-state index in [0.29, 0.717) is 0 Å². The van der Waals surface area contributed by atoms with Crippen LogP contribution in [-0.2, 0) is 28.8 Å². The molecule has 0 radical (unpaired) electrons. The number of rotatable bonds is 96. The number of carboxylic acid groups (broad SMARTS) is 6. The van der Waals surface area contributed by atoms with Crippen LogP contribution in [-0.4, -0.2) is 105 Å². The summed E-state index contributed by atoms with van der Waals surface area (Å²) in [6.45, 7) is 13.6. The largest absolute Gasteiger partial charge is 2.00 e. The first kappa shape index (κ1) is 140. The van der Waals surface area contributed by atoms with Crippen LogP contribution in [0.4, 0.5) is 0 Å². The summed E-state index contributed by atoms with van der Waals surface area (Å²) in [6, 6.07) is 0. The first-order valence-corrected chi connectivity index (χ1v) is 53.8. The molecule has 720 valence electrons. The fourth-order valence-corrected chi connectivity index (χ4v) is 15.8. The van der Waals surface area contributed by atoms with Gasteiger partial charge in [0.2, 0.25) is 0 Å². The van der Waals surface area contributed by atoms with Crippen molar-refractivity contribution in [3.8, 4) is 0 Å². The molecule has 0 saturated heterocycles. The smallest absolute Gasteiger partial charge is 0.550 e. The van der Waals surface area contributed by atoms with Crippen molar-refractivity contribution < 1.29 is 59.4 Å². The minimum Gasteiger partial charge on any atom is -0.550 e. The number of hydrogen-bond acceptors (Lipinski definition) is 12. The molecule has 0 heterocycles. The molecule has 0 aromatic rings. The van der Waals surface area contributed by atoms with Gasteiger partial charge in [-0.15, -0.1) is 0 Å². The molecule has 0 aliphatic carbocycles. The fraction of sp³-hybridized carbons (Fsp3) is 0.944. The van der Waals surface area contributed by atoms with Crippen LogP contribution < -0.4 is 30.6 Å². The monoisotopic (exact) mass is 1770 g/mol. The summed E-state index contributed by atoms with van der Waals surface area (Å²) in [5.74, 6) is -5.42. The van der Waals surface area contributed by atoms with E-state index in [1.807, 2.05) is 0 Å². The van der Waals surface area contributed by atoms with Crippen molar-refractivity contribution in [1.29, 1.82) is 0 Å². The summed E-state index contributed by atoms with van der Waals surface area (Å²) in [5.41, 5.74) is 0. The van der Waals surface area contributed by atoms with E-state index in [1.54, 1.807) is 0 Å². The van der Waals surface area contributed by atoms with E-state index >= 15 is 0 Å². The molecule has 0 saturated carbocycles. The maximum Gasteiger partial charge on any atom is 2.00 e. The zero-order valence-corrected chi connectivity index (χ0v) is 88.1. The molecule has 15 heteroatoms. The first-order valence-electron chi connectivity index (χ1n) is 53.8. The fourth-order valence-electron chi connectivity index (χ4n) is 15.8. The summed E-state index contributed by atoms with van der Waals surface area (Å²) in [6.07, 6.45) is 119. The van der Waals surface area contributed by atoms with Crippen molar-refractivity contribution in [1.82, 2.24) is 0 Å². The van der Waals surface area contributed by atoms with E-state index in [0.717, 1.165) is 77.0 Å². The molecule has 0 bridgehead atoms. The molecule has 0 spiro atoms. The number of hydrogen-bond donors (Lipinski definition) is 0. The van der Waals surface area contributed by atoms with Crippen LogP contribution in [0.5, 0.6) is 0 Å². The molecule has 0 aromatic carbocycles. The van der Waals surface area contributed by atoms with Gasteiger partial charge in [-0.2, -0.15) is 0 Å². The van der Waals surface area contributed by atoms with Crippen molar-refractivity contribution in [2.45, 2.75) is 658 Å². The first-order chi connectivity index (χ1) is 58.6. The Morgan fingerprint density at radius 1 is 0.106 bits per heavy atom. The van der Waals surface area contributed by atoms with Gasteiger partial charge in [-0.3, -0.25) is 0 Å². The van der Waals surface area contributed by atoms with Gasteiger partial charge in [0.25, 0.3) is 0 Å². The van der Waals surface area contributed by atoms with Gasteiger partial charge < -0.3 is 59.4 Å². The molecule has 0 rings (SSSR count). The van der Waals surface area contributed by atoms with Crippen LogP contribution in [0.25, 0.3) is 0 Å². The second-order valence-corrected chi connectivity index (χ2v) is 36.4. The molecule has 0 aliphatic rings. The Morgan fingerprint density at radius 3 is 0.203 bits per heavy atom.